The molecule has 1 saturated heterocycles. The van der Waals surface area contributed by atoms with Gasteiger partial charge in [0.05, 0.1) is 22.7 Å². The third-order valence-electron chi connectivity index (χ3n) is 4.36. The van der Waals surface area contributed by atoms with Gasteiger partial charge in [0.1, 0.15) is 6.07 Å². The molecular formula is C17H19N4O2. The van der Waals surface area contributed by atoms with E-state index in [1.807, 2.05) is 6.42 Å². The molecule has 0 saturated carbocycles. The van der Waals surface area contributed by atoms with Crippen molar-refractivity contribution in [1.82, 2.24) is 14.5 Å². The number of rotatable bonds is 3. The molecule has 1 N–H and O–H groups in total. The first-order valence-corrected chi connectivity index (χ1v) is 7.71. The maximum absolute atomic E-state index is 11.9. The van der Waals surface area contributed by atoms with Crippen LogP contribution in [0, 0.1) is 17.8 Å². The highest BCUT2D eigenvalue weighted by Crippen LogP contribution is 2.20. The van der Waals surface area contributed by atoms with Crippen LogP contribution in [0.15, 0.2) is 23.1 Å². The normalized spacial score (nSPS) is 18.9. The molecule has 23 heavy (non-hydrogen) atoms. The lowest BCUT2D eigenvalue weighted by Crippen LogP contribution is -2.39. The molecule has 0 aliphatic carbocycles. The predicted molar refractivity (Wildman–Crippen MR) is 86.8 cm³/mol. The number of aliphatic hydroxyl groups is 1. The molecule has 1 radical (unpaired) electrons. The third-order valence-corrected chi connectivity index (χ3v) is 4.36. The zero-order chi connectivity index (χ0) is 16.4. The fourth-order valence-electron chi connectivity index (χ4n) is 3.13. The van der Waals surface area contributed by atoms with E-state index in [1.165, 1.54) is 6.07 Å². The Morgan fingerprint density at radius 2 is 2.30 bits per heavy atom. The highest BCUT2D eigenvalue weighted by Gasteiger charge is 2.19. The van der Waals surface area contributed by atoms with Gasteiger partial charge in [0, 0.05) is 32.4 Å². The van der Waals surface area contributed by atoms with Crippen LogP contribution < -0.4 is 5.56 Å². The van der Waals surface area contributed by atoms with Crippen LogP contribution in [0.4, 0.5) is 0 Å². The molecule has 2 aromatic heterocycles. The van der Waals surface area contributed by atoms with Gasteiger partial charge in [-0.25, -0.2) is 0 Å². The summed E-state index contributed by atoms with van der Waals surface area (Å²) in [4.78, 5) is 18.4. The molecule has 3 rings (SSSR count). The molecule has 0 amide bonds. The van der Waals surface area contributed by atoms with E-state index < -0.39 is 6.10 Å². The highest BCUT2D eigenvalue weighted by atomic mass is 16.3. The smallest absolute Gasteiger partial charge is 0.250 e. The molecule has 1 fully saturated rings. The van der Waals surface area contributed by atoms with Crippen molar-refractivity contribution in [3.63, 3.8) is 0 Å². The third kappa shape index (κ3) is 3.11. The van der Waals surface area contributed by atoms with Gasteiger partial charge < -0.3 is 14.6 Å². The van der Waals surface area contributed by atoms with E-state index in [9.17, 15) is 15.2 Å². The summed E-state index contributed by atoms with van der Waals surface area (Å²) in [6.07, 6.45) is 4.61. The minimum absolute atomic E-state index is 0.112. The summed E-state index contributed by atoms with van der Waals surface area (Å²) in [5.41, 5.74) is 2.68. The van der Waals surface area contributed by atoms with Crippen molar-refractivity contribution in [2.45, 2.75) is 18.9 Å². The SMILES string of the molecule is Cn1c(=O)ccc2ncc(C#N)c(CCN3CC[CH][C@@H](O)C3)c21. The quantitative estimate of drug-likeness (QED) is 0.898. The maximum Gasteiger partial charge on any atom is 0.250 e. The molecule has 0 unspecified atom stereocenters. The van der Waals surface area contributed by atoms with E-state index in [1.54, 1.807) is 23.9 Å². The number of hydrogen-bond donors (Lipinski definition) is 1. The van der Waals surface area contributed by atoms with Crippen LogP contribution in [-0.2, 0) is 13.5 Å². The van der Waals surface area contributed by atoms with Crippen molar-refractivity contribution in [1.29, 1.82) is 5.26 Å². The predicted octanol–water partition coefficient (Wildman–Crippen LogP) is 0.619. The second-order valence-corrected chi connectivity index (χ2v) is 5.87. The van der Waals surface area contributed by atoms with Crippen LogP contribution in [0.2, 0.25) is 0 Å². The first-order valence-electron chi connectivity index (χ1n) is 7.71. The summed E-state index contributed by atoms with van der Waals surface area (Å²) in [7, 11) is 1.70. The Balaban J connectivity index is 1.96. The topological polar surface area (TPSA) is 82.2 Å². The van der Waals surface area contributed by atoms with Crippen LogP contribution in [0.25, 0.3) is 11.0 Å². The van der Waals surface area contributed by atoms with E-state index >= 15 is 0 Å². The van der Waals surface area contributed by atoms with Gasteiger partial charge in [-0.15, -0.1) is 0 Å². The van der Waals surface area contributed by atoms with Crippen LogP contribution in [-0.4, -0.2) is 45.3 Å². The van der Waals surface area contributed by atoms with Gasteiger partial charge in [0.25, 0.3) is 5.56 Å². The Kier molecular flexibility index (Phi) is 4.42. The Hall–Kier alpha value is -2.23. The van der Waals surface area contributed by atoms with Crippen LogP contribution in [0.5, 0.6) is 0 Å². The number of aromatic nitrogens is 2. The molecule has 6 heteroatoms. The van der Waals surface area contributed by atoms with E-state index in [4.69, 9.17) is 0 Å². The first-order chi connectivity index (χ1) is 11.1. The fraction of sp³-hybridized carbons (Fsp3) is 0.412. The van der Waals surface area contributed by atoms with Crippen molar-refractivity contribution < 1.29 is 5.11 Å². The number of nitriles is 1. The zero-order valence-electron chi connectivity index (χ0n) is 13.1. The van der Waals surface area contributed by atoms with Gasteiger partial charge in [0.15, 0.2) is 0 Å². The number of aryl methyl sites for hydroxylation is 1. The Morgan fingerprint density at radius 3 is 3.04 bits per heavy atom. The number of hydrogen-bond acceptors (Lipinski definition) is 5. The summed E-state index contributed by atoms with van der Waals surface area (Å²) >= 11 is 0. The summed E-state index contributed by atoms with van der Waals surface area (Å²) < 4.78 is 1.55. The second kappa shape index (κ2) is 6.49. The van der Waals surface area contributed by atoms with Crippen LogP contribution >= 0.6 is 0 Å². The number of β-amino-alcohol motifs (C(OH)–C–C–N with tert-alkyl or cyclic N) is 1. The standard InChI is InChI=1S/C17H19N4O2/c1-20-16(23)5-4-15-17(20)14(12(9-18)10-19-15)6-8-21-7-2-3-13(22)11-21/h3-5,10,13,22H,2,6-8,11H2,1H3/t13-/m1/s1. The summed E-state index contributed by atoms with van der Waals surface area (Å²) in [6.45, 7) is 2.26. The van der Waals surface area contributed by atoms with E-state index in [0.29, 0.717) is 24.0 Å². The van der Waals surface area contributed by atoms with Crippen molar-refractivity contribution >= 4 is 11.0 Å². The minimum Gasteiger partial charge on any atom is -0.391 e. The molecule has 119 valence electrons. The molecule has 1 aliphatic heterocycles. The largest absolute Gasteiger partial charge is 0.391 e. The number of pyridine rings is 2. The van der Waals surface area contributed by atoms with Gasteiger partial charge in [-0.05, 0) is 37.4 Å². The maximum atomic E-state index is 11.9. The Bertz CT molecular complexity index is 822. The molecule has 6 nitrogen and oxygen atoms in total. The fourth-order valence-corrected chi connectivity index (χ4v) is 3.13. The summed E-state index contributed by atoms with van der Waals surface area (Å²) in [5.74, 6) is 0. The number of nitrogens with zero attached hydrogens (tertiary/aromatic N) is 4. The highest BCUT2D eigenvalue weighted by molar-refractivity contribution is 5.80. The van der Waals surface area contributed by atoms with Gasteiger partial charge >= 0.3 is 0 Å². The molecule has 0 spiro atoms. The lowest BCUT2D eigenvalue weighted by molar-refractivity contribution is 0.108. The lowest BCUT2D eigenvalue weighted by atomic mass is 10.0. The van der Waals surface area contributed by atoms with Crippen molar-refractivity contribution in [3.05, 3.63) is 46.2 Å². The van der Waals surface area contributed by atoms with Crippen molar-refractivity contribution in [3.8, 4) is 6.07 Å². The van der Waals surface area contributed by atoms with Crippen molar-refractivity contribution in [2.75, 3.05) is 19.6 Å². The molecule has 3 heterocycles. The van der Waals surface area contributed by atoms with Gasteiger partial charge in [-0.3, -0.25) is 9.78 Å². The molecule has 0 bridgehead atoms. The van der Waals surface area contributed by atoms with E-state index in [2.05, 4.69) is 16.0 Å². The molecule has 1 atom stereocenters. The average Bonchev–Trinajstić information content (AvgIpc) is 2.56. The monoisotopic (exact) mass is 311 g/mol. The van der Waals surface area contributed by atoms with Crippen LogP contribution in [0.3, 0.4) is 0 Å². The van der Waals surface area contributed by atoms with Gasteiger partial charge in [-0.1, -0.05) is 0 Å². The molecule has 0 aromatic carbocycles. The molecular weight excluding hydrogens is 292 g/mol. The summed E-state index contributed by atoms with van der Waals surface area (Å²) in [5, 5.41) is 19.1. The average molecular weight is 311 g/mol. The van der Waals surface area contributed by atoms with Crippen LogP contribution in [0.1, 0.15) is 17.5 Å². The number of likely N-dealkylation sites (tertiary alicyclic amines) is 1. The number of piperidine rings is 1. The second-order valence-electron chi connectivity index (χ2n) is 5.87. The Labute approximate surface area is 134 Å². The van der Waals surface area contributed by atoms with E-state index in [-0.39, 0.29) is 5.56 Å². The van der Waals surface area contributed by atoms with Gasteiger partial charge in [0.2, 0.25) is 0 Å². The number of fused-ring (bicyclic) bond motifs is 1. The van der Waals surface area contributed by atoms with E-state index in [0.717, 1.165) is 30.6 Å². The Morgan fingerprint density at radius 1 is 1.48 bits per heavy atom. The summed E-state index contributed by atoms with van der Waals surface area (Å²) in [6, 6.07) is 5.36. The molecule has 2 aromatic rings. The minimum atomic E-state index is -0.391. The zero-order valence-corrected chi connectivity index (χ0v) is 13.1. The molecule has 1 aliphatic rings. The number of aliphatic hydroxyl groups excluding tert-OH is 1. The van der Waals surface area contributed by atoms with Crippen molar-refractivity contribution in [2.24, 2.45) is 7.05 Å². The van der Waals surface area contributed by atoms with Gasteiger partial charge in [-0.2, -0.15) is 5.26 Å². The first kappa shape index (κ1) is 15.7. The lowest BCUT2D eigenvalue weighted by Gasteiger charge is -2.29.